The van der Waals surface area contributed by atoms with Crippen LogP contribution in [0.4, 0.5) is 49.1 Å². The van der Waals surface area contributed by atoms with Crippen molar-refractivity contribution in [2.24, 2.45) is 0 Å². The van der Waals surface area contributed by atoms with Crippen LogP contribution in [0.15, 0.2) is 172 Å². The summed E-state index contributed by atoms with van der Waals surface area (Å²) in [6, 6.07) is 13.9. The number of carbonyl (C=O) groups is 8. The van der Waals surface area contributed by atoms with Crippen molar-refractivity contribution in [3.63, 3.8) is 0 Å². The molecule has 0 aromatic heterocycles. The molecule has 4 aromatic rings. The lowest BCUT2D eigenvalue weighted by Crippen LogP contribution is -2.41. The highest BCUT2D eigenvalue weighted by Crippen LogP contribution is 2.52. The molecule has 80 heavy (non-hydrogen) atoms. The van der Waals surface area contributed by atoms with E-state index in [-0.39, 0.29) is 94.4 Å². The van der Waals surface area contributed by atoms with Gasteiger partial charge in [-0.25, -0.2) is 19.6 Å². The summed E-state index contributed by atoms with van der Waals surface area (Å²) in [5, 5.41) is 0. The zero-order valence-electron chi connectivity index (χ0n) is 42.5. The Hall–Kier alpha value is -9.86. The number of hydrogen-bond donors (Lipinski definition) is 0. The molecule has 4 aromatic carbocycles. The SMILES string of the molecule is C=CCOc1cc(C(C)(c2ccc(N3C(=O)C=CC3=O)c(OCC=C)c2)C(F)(F)F)ccc1N1C(=O)C=CC1=O.C=CCOc1ccc(C(C)(c2ccc(OCC=C)c(N3C(=O)C=CC3=O)c2)C(F)(F)F)cc1N1C(=O)C=CC1=O. The van der Waals surface area contributed by atoms with Crippen LogP contribution in [0.25, 0.3) is 0 Å². The van der Waals surface area contributed by atoms with Crippen molar-refractivity contribution in [2.75, 3.05) is 46.0 Å². The third-order valence-electron chi connectivity index (χ3n) is 12.9. The zero-order valence-corrected chi connectivity index (χ0v) is 42.5. The molecule has 4 heterocycles. The molecule has 0 bridgehead atoms. The van der Waals surface area contributed by atoms with Crippen molar-refractivity contribution in [2.45, 2.75) is 37.0 Å². The van der Waals surface area contributed by atoms with Crippen molar-refractivity contribution in [1.82, 2.24) is 0 Å². The largest absolute Gasteiger partial charge is 0.487 e. The molecule has 0 unspecified atom stereocenters. The number of halogens is 6. The average Bonchev–Trinajstić information content (AvgIpc) is 4.28. The maximum atomic E-state index is 15.0. The molecule has 0 fully saturated rings. The van der Waals surface area contributed by atoms with Gasteiger partial charge in [0.2, 0.25) is 0 Å². The van der Waals surface area contributed by atoms with E-state index in [4.69, 9.17) is 18.9 Å². The molecule has 0 saturated carbocycles. The Morgan fingerprint density at radius 3 is 0.825 bits per heavy atom. The highest BCUT2D eigenvalue weighted by Gasteiger charge is 2.56. The van der Waals surface area contributed by atoms with Crippen LogP contribution >= 0.6 is 0 Å². The fraction of sp³-hybridized carbons (Fsp3) is 0.172. The smallest absolute Gasteiger partial charge is 0.402 e. The topological polar surface area (TPSA) is 186 Å². The molecule has 0 atom stereocenters. The van der Waals surface area contributed by atoms with E-state index in [0.29, 0.717) is 9.80 Å². The van der Waals surface area contributed by atoms with Gasteiger partial charge in [0.25, 0.3) is 47.3 Å². The third kappa shape index (κ3) is 10.9. The van der Waals surface area contributed by atoms with Gasteiger partial charge in [0.1, 0.15) is 60.3 Å². The third-order valence-corrected chi connectivity index (χ3v) is 12.9. The quantitative estimate of drug-likeness (QED) is 0.0465. The Kier molecular flexibility index (Phi) is 16.6. The summed E-state index contributed by atoms with van der Waals surface area (Å²) in [6.07, 6.45) is 3.92. The second kappa shape index (κ2) is 23.0. The molecular weight excluding hydrogens is 1060 g/mol. The van der Waals surface area contributed by atoms with Crippen molar-refractivity contribution < 1.29 is 83.6 Å². The van der Waals surface area contributed by atoms with Crippen LogP contribution in [-0.2, 0) is 49.2 Å². The fourth-order valence-corrected chi connectivity index (χ4v) is 8.63. The molecule has 0 radical (unpaired) electrons. The maximum Gasteiger partial charge on any atom is 0.402 e. The van der Waals surface area contributed by atoms with Gasteiger partial charge in [0, 0.05) is 48.6 Å². The molecule has 22 heteroatoms. The number of nitrogens with zero attached hydrogens (tertiary/aromatic N) is 4. The first-order valence-electron chi connectivity index (χ1n) is 23.8. The van der Waals surface area contributed by atoms with E-state index < -0.39 is 70.4 Å². The standard InChI is InChI=1S/2C29H23F3N2O6/c1-4-14-39-22-8-6-18(16-20(22)33-24(35)10-11-25(33)36)28(3,29(30,31)32)19-7-9-23(40-15-5-2)21(17-19)34-26(37)12-13-27(34)38;1-4-14-39-22-16-18(6-8-20(22)33-24(35)10-11-25(33)36)28(3,29(30,31)32)19-7-9-21(23(17-19)40-15-5-2)34-26(37)12-13-27(34)38/h2*4-13,16-17H,1-2,14-15H2,3H3. The van der Waals surface area contributed by atoms with Gasteiger partial charge in [0.15, 0.2) is 0 Å². The number of imide groups is 4. The van der Waals surface area contributed by atoms with Gasteiger partial charge in [0.05, 0.1) is 22.7 Å². The second-order valence-electron chi connectivity index (χ2n) is 17.8. The maximum absolute atomic E-state index is 15.0. The molecule has 0 spiro atoms. The van der Waals surface area contributed by atoms with Crippen molar-refractivity contribution in [3.8, 4) is 23.0 Å². The molecule has 4 aliphatic rings. The van der Waals surface area contributed by atoms with E-state index in [1.54, 1.807) is 0 Å². The molecule has 0 aliphatic carbocycles. The Bertz CT molecular complexity index is 3150. The first-order chi connectivity index (χ1) is 37.9. The monoisotopic (exact) mass is 1100 g/mol. The summed E-state index contributed by atoms with van der Waals surface area (Å²) in [6.45, 7) is 15.7. The second-order valence-corrected chi connectivity index (χ2v) is 17.8. The molecule has 412 valence electrons. The van der Waals surface area contributed by atoms with Crippen LogP contribution in [-0.4, -0.2) is 86.0 Å². The zero-order chi connectivity index (χ0) is 58.5. The first-order valence-corrected chi connectivity index (χ1v) is 23.8. The number of hydrogen-bond acceptors (Lipinski definition) is 12. The summed E-state index contributed by atoms with van der Waals surface area (Å²) in [5.41, 5.74) is -7.06. The molecule has 16 nitrogen and oxygen atoms in total. The lowest BCUT2D eigenvalue weighted by molar-refractivity contribution is -0.173. The lowest BCUT2D eigenvalue weighted by Gasteiger charge is -2.35. The van der Waals surface area contributed by atoms with E-state index in [9.17, 15) is 64.7 Å². The molecule has 0 N–H and O–H groups in total. The Morgan fingerprint density at radius 1 is 0.350 bits per heavy atom. The molecule has 8 amide bonds. The molecule has 8 rings (SSSR count). The van der Waals surface area contributed by atoms with Crippen LogP contribution in [0.3, 0.4) is 0 Å². The number of alkyl halides is 6. The van der Waals surface area contributed by atoms with E-state index in [2.05, 4.69) is 26.3 Å². The van der Waals surface area contributed by atoms with Crippen LogP contribution < -0.4 is 38.5 Å². The van der Waals surface area contributed by atoms with Gasteiger partial charge in [-0.2, -0.15) is 26.3 Å². The Balaban J connectivity index is 0.000000231. The van der Waals surface area contributed by atoms with E-state index >= 15 is 0 Å². The number of carbonyl (C=O) groups excluding carboxylic acids is 8. The molecular formula is C58H46F6N4O12. The van der Waals surface area contributed by atoms with Crippen molar-refractivity contribution >= 4 is 70.0 Å². The Labute approximate surface area is 452 Å². The number of benzene rings is 4. The van der Waals surface area contributed by atoms with Gasteiger partial charge in [-0.1, -0.05) is 74.9 Å². The predicted molar refractivity (Wildman–Crippen MR) is 280 cm³/mol. The van der Waals surface area contributed by atoms with Crippen molar-refractivity contribution in [1.29, 1.82) is 0 Å². The summed E-state index contributed by atoms with van der Waals surface area (Å²) in [7, 11) is 0. The van der Waals surface area contributed by atoms with Crippen LogP contribution in [0, 0.1) is 0 Å². The minimum atomic E-state index is -4.93. The minimum absolute atomic E-state index is 0.00762. The summed E-state index contributed by atoms with van der Waals surface area (Å²) in [4.78, 5) is 102. The number of anilines is 4. The number of ether oxygens (including phenoxy) is 4. The lowest BCUT2D eigenvalue weighted by atomic mass is 9.75. The summed E-state index contributed by atoms with van der Waals surface area (Å²) in [5.74, 6) is -5.95. The van der Waals surface area contributed by atoms with Gasteiger partial charge >= 0.3 is 12.4 Å². The normalized spacial score (nSPS) is 15.3. The highest BCUT2D eigenvalue weighted by atomic mass is 19.4. The molecule has 4 aliphatic heterocycles. The fourth-order valence-electron chi connectivity index (χ4n) is 8.63. The van der Waals surface area contributed by atoms with Gasteiger partial charge < -0.3 is 18.9 Å². The van der Waals surface area contributed by atoms with Crippen LogP contribution in [0.2, 0.25) is 0 Å². The van der Waals surface area contributed by atoms with Crippen LogP contribution in [0.5, 0.6) is 23.0 Å². The predicted octanol–water partition coefficient (Wildman–Crippen LogP) is 9.09. The Morgan fingerprint density at radius 2 is 0.575 bits per heavy atom. The minimum Gasteiger partial charge on any atom is -0.487 e. The number of amides is 8. The average molecular weight is 1110 g/mol. The first kappa shape index (κ1) is 57.8. The van der Waals surface area contributed by atoms with E-state index in [0.717, 1.165) is 109 Å². The number of rotatable bonds is 20. The van der Waals surface area contributed by atoms with Gasteiger partial charge in [-0.15, -0.1) is 0 Å². The van der Waals surface area contributed by atoms with Crippen LogP contribution in [0.1, 0.15) is 36.1 Å². The summed E-state index contributed by atoms with van der Waals surface area (Å²) >= 11 is 0. The van der Waals surface area contributed by atoms with Gasteiger partial charge in [-0.3, -0.25) is 38.4 Å². The van der Waals surface area contributed by atoms with Gasteiger partial charge in [-0.05, 0) is 84.6 Å². The molecule has 0 saturated heterocycles. The van der Waals surface area contributed by atoms with E-state index in [1.807, 2.05) is 0 Å². The highest BCUT2D eigenvalue weighted by molar-refractivity contribution is 6.31. The summed E-state index contributed by atoms with van der Waals surface area (Å²) < 4.78 is 112. The van der Waals surface area contributed by atoms with Crippen molar-refractivity contribution in [3.05, 3.63) is 194 Å². The van der Waals surface area contributed by atoms with E-state index in [1.165, 1.54) is 60.7 Å².